The molecule has 29 heavy (non-hydrogen) atoms. The van der Waals surface area contributed by atoms with Gasteiger partial charge in [0, 0.05) is 17.3 Å². The van der Waals surface area contributed by atoms with E-state index in [0.29, 0.717) is 22.7 Å². The number of aromatic nitrogens is 1. The van der Waals surface area contributed by atoms with Crippen molar-refractivity contribution in [3.05, 3.63) is 96.1 Å². The maximum absolute atomic E-state index is 12.2. The number of anilines is 1. The van der Waals surface area contributed by atoms with E-state index in [9.17, 15) is 9.59 Å². The zero-order chi connectivity index (χ0) is 20.1. The van der Waals surface area contributed by atoms with E-state index in [-0.39, 0.29) is 18.3 Å². The number of hydrogen-bond acceptors (Lipinski definition) is 6. The van der Waals surface area contributed by atoms with Crippen molar-refractivity contribution in [1.29, 1.82) is 0 Å². The highest BCUT2D eigenvalue weighted by Gasteiger charge is 2.12. The third-order valence-corrected chi connectivity index (χ3v) is 4.10. The van der Waals surface area contributed by atoms with Crippen LogP contribution in [-0.4, -0.2) is 17.0 Å². The lowest BCUT2D eigenvalue weighted by atomic mass is 10.1. The number of amides is 1. The molecule has 0 bridgehead atoms. The van der Waals surface area contributed by atoms with Crippen LogP contribution in [0.2, 0.25) is 0 Å². The second-order valence-corrected chi connectivity index (χ2v) is 6.13. The molecule has 0 aliphatic carbocycles. The number of ether oxygens (including phenoxy) is 1. The van der Waals surface area contributed by atoms with Gasteiger partial charge in [0.1, 0.15) is 5.69 Å². The molecule has 0 unspecified atom stereocenters. The predicted molar refractivity (Wildman–Crippen MR) is 104 cm³/mol. The lowest BCUT2D eigenvalue weighted by molar-refractivity contribution is 0.0437. The van der Waals surface area contributed by atoms with E-state index >= 15 is 0 Å². The number of hydrogen-bond donors (Lipinski definition) is 1. The van der Waals surface area contributed by atoms with Crippen LogP contribution in [0.3, 0.4) is 0 Å². The van der Waals surface area contributed by atoms with Crippen molar-refractivity contribution in [2.24, 2.45) is 0 Å². The molecule has 2 aromatic heterocycles. The Morgan fingerprint density at radius 3 is 2.48 bits per heavy atom. The fourth-order valence-corrected chi connectivity index (χ4v) is 2.64. The number of benzene rings is 2. The SMILES string of the molecule is O=C(OCc1cc(-c2ccccc2)no1)c1ccc(NC(=O)c2ccco2)cc1. The molecule has 0 atom stereocenters. The third-order valence-electron chi connectivity index (χ3n) is 4.10. The highest BCUT2D eigenvalue weighted by molar-refractivity contribution is 6.02. The molecule has 1 N–H and O–H groups in total. The van der Waals surface area contributed by atoms with Gasteiger partial charge in [-0.15, -0.1) is 0 Å². The highest BCUT2D eigenvalue weighted by Crippen LogP contribution is 2.19. The summed E-state index contributed by atoms with van der Waals surface area (Å²) in [4.78, 5) is 24.2. The minimum absolute atomic E-state index is 0.0321. The summed E-state index contributed by atoms with van der Waals surface area (Å²) in [6, 6.07) is 20.8. The average Bonchev–Trinajstić information content (AvgIpc) is 3.45. The fraction of sp³-hybridized carbons (Fsp3) is 0.0455. The number of nitrogens with zero attached hydrogens (tertiary/aromatic N) is 1. The van der Waals surface area contributed by atoms with Crippen molar-refractivity contribution >= 4 is 17.6 Å². The number of carbonyl (C=O) groups is 2. The van der Waals surface area contributed by atoms with Crippen LogP contribution in [-0.2, 0) is 11.3 Å². The van der Waals surface area contributed by atoms with Crippen molar-refractivity contribution in [3.8, 4) is 11.3 Å². The second kappa shape index (κ2) is 8.26. The van der Waals surface area contributed by atoms with E-state index in [0.717, 1.165) is 5.56 Å². The summed E-state index contributed by atoms with van der Waals surface area (Å²) in [5.41, 5.74) is 2.48. The van der Waals surface area contributed by atoms with Crippen molar-refractivity contribution < 1.29 is 23.3 Å². The van der Waals surface area contributed by atoms with E-state index in [1.807, 2.05) is 30.3 Å². The van der Waals surface area contributed by atoms with E-state index < -0.39 is 5.97 Å². The minimum Gasteiger partial charge on any atom is -0.459 e. The molecule has 0 spiro atoms. The molecule has 144 valence electrons. The van der Waals surface area contributed by atoms with Crippen LogP contribution in [0, 0.1) is 0 Å². The summed E-state index contributed by atoms with van der Waals surface area (Å²) in [6.45, 7) is -0.0321. The van der Waals surface area contributed by atoms with Crippen LogP contribution < -0.4 is 5.32 Å². The van der Waals surface area contributed by atoms with Gasteiger partial charge < -0.3 is 19.0 Å². The van der Waals surface area contributed by atoms with Crippen LogP contribution in [0.4, 0.5) is 5.69 Å². The predicted octanol–water partition coefficient (Wildman–Crippen LogP) is 4.54. The molecule has 2 aromatic carbocycles. The number of carbonyl (C=O) groups excluding carboxylic acids is 2. The van der Waals surface area contributed by atoms with Gasteiger partial charge in [-0.25, -0.2) is 4.79 Å². The van der Waals surface area contributed by atoms with Crippen LogP contribution in [0.25, 0.3) is 11.3 Å². The molecule has 1 amide bonds. The Bertz CT molecular complexity index is 1100. The van der Waals surface area contributed by atoms with E-state index in [4.69, 9.17) is 13.7 Å². The maximum Gasteiger partial charge on any atom is 0.338 e. The van der Waals surface area contributed by atoms with Gasteiger partial charge in [0.25, 0.3) is 5.91 Å². The number of esters is 1. The van der Waals surface area contributed by atoms with Crippen molar-refractivity contribution in [2.45, 2.75) is 6.61 Å². The van der Waals surface area contributed by atoms with Gasteiger partial charge in [-0.3, -0.25) is 4.79 Å². The molecular weight excluding hydrogens is 372 g/mol. The third kappa shape index (κ3) is 4.41. The zero-order valence-corrected chi connectivity index (χ0v) is 15.2. The largest absolute Gasteiger partial charge is 0.459 e. The van der Waals surface area contributed by atoms with Crippen molar-refractivity contribution in [1.82, 2.24) is 5.16 Å². The summed E-state index contributed by atoms with van der Waals surface area (Å²) in [5.74, 6) is -0.230. The Morgan fingerprint density at radius 1 is 0.966 bits per heavy atom. The molecule has 0 fully saturated rings. The first-order valence-electron chi connectivity index (χ1n) is 8.82. The van der Waals surface area contributed by atoms with Gasteiger partial charge in [-0.2, -0.15) is 0 Å². The highest BCUT2D eigenvalue weighted by atomic mass is 16.5. The van der Waals surface area contributed by atoms with Crippen LogP contribution in [0.15, 0.2) is 88.0 Å². The van der Waals surface area contributed by atoms with Gasteiger partial charge in [-0.05, 0) is 36.4 Å². The Kier molecular flexibility index (Phi) is 5.20. The second-order valence-electron chi connectivity index (χ2n) is 6.13. The van der Waals surface area contributed by atoms with Gasteiger partial charge in [-0.1, -0.05) is 35.5 Å². The van der Waals surface area contributed by atoms with Crippen molar-refractivity contribution in [2.75, 3.05) is 5.32 Å². The quantitative estimate of drug-likeness (QED) is 0.487. The fourth-order valence-electron chi connectivity index (χ4n) is 2.64. The summed E-state index contributed by atoms with van der Waals surface area (Å²) in [7, 11) is 0. The van der Waals surface area contributed by atoms with Gasteiger partial charge in [0.15, 0.2) is 18.1 Å². The first-order valence-corrected chi connectivity index (χ1v) is 8.82. The van der Waals surface area contributed by atoms with E-state index in [2.05, 4.69) is 10.5 Å². The zero-order valence-electron chi connectivity index (χ0n) is 15.2. The van der Waals surface area contributed by atoms with Gasteiger partial charge in [0.2, 0.25) is 0 Å². The van der Waals surface area contributed by atoms with Gasteiger partial charge >= 0.3 is 5.97 Å². The first kappa shape index (κ1) is 18.2. The Balaban J connectivity index is 1.33. The molecule has 4 aromatic rings. The molecule has 0 aliphatic rings. The molecule has 0 saturated carbocycles. The summed E-state index contributed by atoms with van der Waals surface area (Å²) in [6.07, 6.45) is 1.42. The lowest BCUT2D eigenvalue weighted by Gasteiger charge is -2.05. The lowest BCUT2D eigenvalue weighted by Crippen LogP contribution is -2.11. The molecule has 7 heteroatoms. The molecular formula is C22H16N2O5. The summed E-state index contributed by atoms with van der Waals surface area (Å²) >= 11 is 0. The monoisotopic (exact) mass is 388 g/mol. The summed E-state index contributed by atoms with van der Waals surface area (Å²) < 4.78 is 15.5. The maximum atomic E-state index is 12.2. The Hall–Kier alpha value is -4.13. The molecule has 0 radical (unpaired) electrons. The first-order chi connectivity index (χ1) is 14.2. The average molecular weight is 388 g/mol. The molecule has 4 rings (SSSR count). The normalized spacial score (nSPS) is 10.5. The molecule has 0 aliphatic heterocycles. The van der Waals surface area contributed by atoms with E-state index in [1.165, 1.54) is 6.26 Å². The Morgan fingerprint density at radius 2 is 1.76 bits per heavy atom. The number of furan rings is 1. The van der Waals surface area contributed by atoms with Crippen molar-refractivity contribution in [3.63, 3.8) is 0 Å². The smallest absolute Gasteiger partial charge is 0.338 e. The Labute approximate surface area is 165 Å². The molecule has 0 saturated heterocycles. The summed E-state index contributed by atoms with van der Waals surface area (Å²) in [5, 5.41) is 6.66. The topological polar surface area (TPSA) is 94.6 Å². The molecule has 2 heterocycles. The van der Waals surface area contributed by atoms with Crippen LogP contribution in [0.1, 0.15) is 26.7 Å². The van der Waals surface area contributed by atoms with E-state index in [1.54, 1.807) is 42.5 Å². The van der Waals surface area contributed by atoms with Gasteiger partial charge in [0.05, 0.1) is 11.8 Å². The molecule has 7 nitrogen and oxygen atoms in total. The van der Waals surface area contributed by atoms with Crippen LogP contribution in [0.5, 0.6) is 0 Å². The number of nitrogens with one attached hydrogen (secondary N) is 1. The van der Waals surface area contributed by atoms with Crippen LogP contribution >= 0.6 is 0 Å². The standard InChI is InChI=1S/C22H16N2O5/c25-21(20-7-4-12-27-20)23-17-10-8-16(9-11-17)22(26)28-14-18-13-19(24-29-18)15-5-2-1-3-6-15/h1-13H,14H2,(H,23,25). The number of rotatable bonds is 6. The minimum atomic E-state index is -0.508.